The van der Waals surface area contributed by atoms with Crippen LogP contribution in [0.15, 0.2) is 12.4 Å². The molecule has 0 aliphatic rings. The number of aromatic nitrogens is 2. The van der Waals surface area contributed by atoms with Gasteiger partial charge < -0.3 is 20.7 Å². The summed E-state index contributed by atoms with van der Waals surface area (Å²) in [5.74, 6) is -0.283. The van der Waals surface area contributed by atoms with E-state index in [1.165, 1.54) is 0 Å². The van der Waals surface area contributed by atoms with Gasteiger partial charge >= 0.3 is 12.0 Å². The summed E-state index contributed by atoms with van der Waals surface area (Å²) < 4.78 is 0. The number of aromatic amines is 1. The number of carboxylic acid groups (broad SMARTS) is 1. The number of imidazole rings is 1. The Morgan fingerprint density at radius 2 is 2.35 bits per heavy atom. The van der Waals surface area contributed by atoms with Crippen LogP contribution in [-0.2, 0) is 11.3 Å². The van der Waals surface area contributed by atoms with Gasteiger partial charge in [0.15, 0.2) is 0 Å². The number of carbonyl (C=O) groups excluding carboxylic acids is 1. The number of nitrogens with zero attached hydrogens (tertiary/aromatic N) is 1. The van der Waals surface area contributed by atoms with Crippen LogP contribution >= 0.6 is 0 Å². The van der Waals surface area contributed by atoms with Gasteiger partial charge in [-0.1, -0.05) is 6.92 Å². The van der Waals surface area contributed by atoms with Gasteiger partial charge in [0.1, 0.15) is 5.82 Å². The second kappa shape index (κ2) is 6.51. The van der Waals surface area contributed by atoms with Crippen LogP contribution in [0.5, 0.6) is 0 Å². The molecule has 7 heteroatoms. The number of urea groups is 1. The van der Waals surface area contributed by atoms with Crippen molar-refractivity contribution >= 4 is 12.0 Å². The molecule has 1 aromatic rings. The second-order valence-electron chi connectivity index (χ2n) is 3.57. The molecule has 0 aromatic carbocycles. The Morgan fingerprint density at radius 1 is 1.59 bits per heavy atom. The first-order chi connectivity index (χ1) is 8.11. The van der Waals surface area contributed by atoms with E-state index in [2.05, 4.69) is 20.6 Å². The standard InChI is InChI=1S/C10H16N4O3/c1-2-7(5-9(15)16)14-10(17)13-6-8-11-3-4-12-8/h3-4,7H,2,5-6H2,1H3,(H,11,12)(H,15,16)(H2,13,14,17). The molecule has 0 radical (unpaired) electrons. The Balaban J connectivity index is 2.30. The maximum Gasteiger partial charge on any atom is 0.315 e. The second-order valence-corrected chi connectivity index (χ2v) is 3.57. The molecule has 0 saturated carbocycles. The van der Waals surface area contributed by atoms with E-state index in [1.54, 1.807) is 12.4 Å². The summed E-state index contributed by atoms with van der Waals surface area (Å²) in [5, 5.41) is 13.8. The van der Waals surface area contributed by atoms with Crippen molar-refractivity contribution in [1.29, 1.82) is 0 Å². The monoisotopic (exact) mass is 240 g/mol. The van der Waals surface area contributed by atoms with Gasteiger partial charge in [-0.25, -0.2) is 9.78 Å². The highest BCUT2D eigenvalue weighted by atomic mass is 16.4. The molecule has 94 valence electrons. The molecule has 1 aromatic heterocycles. The zero-order chi connectivity index (χ0) is 12.7. The van der Waals surface area contributed by atoms with Gasteiger partial charge in [0.2, 0.25) is 0 Å². The fourth-order valence-corrected chi connectivity index (χ4v) is 1.30. The lowest BCUT2D eigenvalue weighted by Crippen LogP contribution is -2.42. The molecule has 0 spiro atoms. The Hall–Kier alpha value is -2.05. The minimum Gasteiger partial charge on any atom is -0.481 e. The Bertz CT molecular complexity index is 364. The molecule has 1 atom stereocenters. The molecule has 1 unspecified atom stereocenters. The number of carboxylic acids is 1. The maximum absolute atomic E-state index is 11.4. The van der Waals surface area contributed by atoms with Gasteiger partial charge in [-0.15, -0.1) is 0 Å². The van der Waals surface area contributed by atoms with E-state index >= 15 is 0 Å². The minimum atomic E-state index is -0.928. The molecular formula is C10H16N4O3. The summed E-state index contributed by atoms with van der Waals surface area (Å²) in [4.78, 5) is 28.7. The van der Waals surface area contributed by atoms with E-state index in [4.69, 9.17) is 5.11 Å². The Morgan fingerprint density at radius 3 is 2.88 bits per heavy atom. The van der Waals surface area contributed by atoms with Crippen LogP contribution in [0.25, 0.3) is 0 Å². The third kappa shape index (κ3) is 5.01. The fraction of sp³-hybridized carbons (Fsp3) is 0.500. The number of aliphatic carboxylic acids is 1. The lowest BCUT2D eigenvalue weighted by atomic mass is 10.1. The van der Waals surface area contributed by atoms with Crippen LogP contribution in [0.1, 0.15) is 25.6 Å². The molecule has 0 aliphatic heterocycles. The van der Waals surface area contributed by atoms with Gasteiger partial charge in [-0.05, 0) is 6.42 Å². The van der Waals surface area contributed by atoms with Crippen LogP contribution in [-0.4, -0.2) is 33.1 Å². The highest BCUT2D eigenvalue weighted by molar-refractivity contribution is 5.75. The van der Waals surface area contributed by atoms with Crippen molar-refractivity contribution in [3.63, 3.8) is 0 Å². The predicted molar refractivity (Wildman–Crippen MR) is 60.3 cm³/mol. The SMILES string of the molecule is CCC(CC(=O)O)NC(=O)NCc1ncc[nH]1. The zero-order valence-electron chi connectivity index (χ0n) is 9.56. The average molecular weight is 240 g/mol. The van der Waals surface area contributed by atoms with Crippen LogP contribution in [0.4, 0.5) is 4.79 Å². The van der Waals surface area contributed by atoms with Crippen molar-refractivity contribution < 1.29 is 14.7 Å². The van der Waals surface area contributed by atoms with Crippen LogP contribution in [0.3, 0.4) is 0 Å². The van der Waals surface area contributed by atoms with Gasteiger partial charge in [-0.3, -0.25) is 4.79 Å². The molecule has 1 rings (SSSR count). The Kier molecular flexibility index (Phi) is 4.99. The van der Waals surface area contributed by atoms with Gasteiger partial charge in [0.25, 0.3) is 0 Å². The number of H-pyrrole nitrogens is 1. The van der Waals surface area contributed by atoms with E-state index in [9.17, 15) is 9.59 Å². The van der Waals surface area contributed by atoms with E-state index in [1.807, 2.05) is 6.92 Å². The highest BCUT2D eigenvalue weighted by Gasteiger charge is 2.13. The minimum absolute atomic E-state index is 0.0787. The predicted octanol–water partition coefficient (Wildman–Crippen LogP) is 0.462. The molecule has 7 nitrogen and oxygen atoms in total. The fourth-order valence-electron chi connectivity index (χ4n) is 1.30. The number of hydrogen-bond acceptors (Lipinski definition) is 3. The molecule has 4 N–H and O–H groups in total. The first-order valence-corrected chi connectivity index (χ1v) is 5.36. The molecule has 0 bridgehead atoms. The van der Waals surface area contributed by atoms with E-state index < -0.39 is 12.0 Å². The smallest absolute Gasteiger partial charge is 0.315 e. The first-order valence-electron chi connectivity index (χ1n) is 5.36. The van der Waals surface area contributed by atoms with E-state index in [0.717, 1.165) is 0 Å². The van der Waals surface area contributed by atoms with E-state index in [-0.39, 0.29) is 19.0 Å². The molecular weight excluding hydrogens is 224 g/mol. The lowest BCUT2D eigenvalue weighted by Gasteiger charge is -2.14. The van der Waals surface area contributed by atoms with Crippen molar-refractivity contribution in [2.75, 3.05) is 0 Å². The summed E-state index contributed by atoms with van der Waals surface area (Å²) in [6.45, 7) is 2.10. The topological polar surface area (TPSA) is 107 Å². The van der Waals surface area contributed by atoms with Crippen molar-refractivity contribution in [2.24, 2.45) is 0 Å². The summed E-state index contributed by atoms with van der Waals surface area (Å²) in [7, 11) is 0. The van der Waals surface area contributed by atoms with Crippen LogP contribution in [0.2, 0.25) is 0 Å². The summed E-state index contributed by atoms with van der Waals surface area (Å²) >= 11 is 0. The zero-order valence-corrected chi connectivity index (χ0v) is 9.56. The van der Waals surface area contributed by atoms with Crippen molar-refractivity contribution in [3.05, 3.63) is 18.2 Å². The van der Waals surface area contributed by atoms with Crippen molar-refractivity contribution in [3.8, 4) is 0 Å². The Labute approximate surface area is 98.6 Å². The average Bonchev–Trinajstić information content (AvgIpc) is 2.77. The molecule has 2 amide bonds. The van der Waals surface area contributed by atoms with Gasteiger partial charge in [-0.2, -0.15) is 0 Å². The third-order valence-corrected chi connectivity index (χ3v) is 2.22. The lowest BCUT2D eigenvalue weighted by molar-refractivity contribution is -0.137. The number of hydrogen-bond donors (Lipinski definition) is 4. The highest BCUT2D eigenvalue weighted by Crippen LogP contribution is 1.97. The number of amides is 2. The van der Waals surface area contributed by atoms with Gasteiger partial charge in [0, 0.05) is 18.4 Å². The molecule has 0 aliphatic carbocycles. The third-order valence-electron chi connectivity index (χ3n) is 2.22. The first kappa shape index (κ1) is 13.0. The maximum atomic E-state index is 11.4. The molecule has 0 saturated heterocycles. The van der Waals surface area contributed by atoms with Crippen LogP contribution < -0.4 is 10.6 Å². The number of carbonyl (C=O) groups is 2. The number of nitrogens with one attached hydrogen (secondary N) is 3. The summed E-state index contributed by atoms with van der Waals surface area (Å²) in [6, 6.07) is -0.751. The van der Waals surface area contributed by atoms with Crippen molar-refractivity contribution in [2.45, 2.75) is 32.4 Å². The summed E-state index contributed by atoms with van der Waals surface area (Å²) in [5.41, 5.74) is 0. The van der Waals surface area contributed by atoms with Crippen LogP contribution in [0, 0.1) is 0 Å². The molecule has 1 heterocycles. The largest absolute Gasteiger partial charge is 0.481 e. The molecule has 17 heavy (non-hydrogen) atoms. The van der Waals surface area contributed by atoms with Crippen molar-refractivity contribution in [1.82, 2.24) is 20.6 Å². The molecule has 0 fully saturated rings. The number of rotatable bonds is 6. The quantitative estimate of drug-likeness (QED) is 0.579. The summed E-state index contributed by atoms with van der Waals surface area (Å²) in [6.07, 6.45) is 3.74. The van der Waals surface area contributed by atoms with Gasteiger partial charge in [0.05, 0.1) is 13.0 Å². The van der Waals surface area contributed by atoms with E-state index in [0.29, 0.717) is 12.2 Å². The normalized spacial score (nSPS) is 11.8.